The quantitative estimate of drug-likeness (QED) is 0.627. The highest BCUT2D eigenvalue weighted by molar-refractivity contribution is 5.95. The van der Waals surface area contributed by atoms with E-state index in [4.69, 9.17) is 10.5 Å². The van der Waals surface area contributed by atoms with Gasteiger partial charge in [0.25, 0.3) is 0 Å². The Morgan fingerprint density at radius 3 is 2.69 bits per heavy atom. The van der Waals surface area contributed by atoms with Crippen molar-refractivity contribution in [3.63, 3.8) is 0 Å². The Morgan fingerprint density at radius 1 is 1.44 bits per heavy atom. The first kappa shape index (κ1) is 12.4. The SMILES string of the molecule is COC(=O)c1cc(OCC(C)C)ccc1N. The number of carbonyl (C=O) groups is 1. The molecular weight excluding hydrogens is 206 g/mol. The van der Waals surface area contributed by atoms with Gasteiger partial charge >= 0.3 is 5.97 Å². The molecule has 0 atom stereocenters. The maximum Gasteiger partial charge on any atom is 0.340 e. The molecule has 4 heteroatoms. The molecule has 0 aliphatic rings. The summed E-state index contributed by atoms with van der Waals surface area (Å²) in [5.74, 6) is 0.606. The number of esters is 1. The van der Waals surface area contributed by atoms with Crippen LogP contribution in [0.25, 0.3) is 0 Å². The Labute approximate surface area is 95.3 Å². The van der Waals surface area contributed by atoms with Crippen LogP contribution in [0.2, 0.25) is 0 Å². The van der Waals surface area contributed by atoms with E-state index in [1.165, 1.54) is 7.11 Å². The summed E-state index contributed by atoms with van der Waals surface area (Å²) in [5, 5.41) is 0. The van der Waals surface area contributed by atoms with Gasteiger partial charge in [-0.1, -0.05) is 13.8 Å². The van der Waals surface area contributed by atoms with Gasteiger partial charge in [-0.05, 0) is 24.1 Å². The van der Waals surface area contributed by atoms with Crippen molar-refractivity contribution in [3.8, 4) is 5.75 Å². The van der Waals surface area contributed by atoms with E-state index in [9.17, 15) is 4.79 Å². The number of methoxy groups -OCH3 is 1. The van der Waals surface area contributed by atoms with Gasteiger partial charge in [0.05, 0.1) is 19.3 Å². The summed E-state index contributed by atoms with van der Waals surface area (Å²) in [6, 6.07) is 4.98. The van der Waals surface area contributed by atoms with Gasteiger partial charge in [0, 0.05) is 5.69 Å². The number of carbonyl (C=O) groups excluding carboxylic acids is 1. The first-order valence-electron chi connectivity index (χ1n) is 5.15. The van der Waals surface area contributed by atoms with E-state index in [0.29, 0.717) is 29.5 Å². The Hall–Kier alpha value is -1.71. The molecule has 0 saturated heterocycles. The maximum absolute atomic E-state index is 11.4. The highest BCUT2D eigenvalue weighted by atomic mass is 16.5. The largest absolute Gasteiger partial charge is 0.493 e. The summed E-state index contributed by atoms with van der Waals surface area (Å²) in [7, 11) is 1.32. The van der Waals surface area contributed by atoms with Gasteiger partial charge in [-0.25, -0.2) is 4.79 Å². The van der Waals surface area contributed by atoms with Crippen molar-refractivity contribution in [1.29, 1.82) is 0 Å². The average Bonchev–Trinajstić information content (AvgIpc) is 2.27. The van der Waals surface area contributed by atoms with Crippen LogP contribution in [0.3, 0.4) is 0 Å². The number of nitrogen functional groups attached to an aromatic ring is 1. The summed E-state index contributed by atoms with van der Waals surface area (Å²) in [4.78, 5) is 11.4. The average molecular weight is 223 g/mol. The Kier molecular flexibility index (Phi) is 4.17. The third kappa shape index (κ3) is 3.15. The second-order valence-corrected chi connectivity index (χ2v) is 3.95. The van der Waals surface area contributed by atoms with Crippen molar-refractivity contribution in [2.75, 3.05) is 19.5 Å². The molecule has 0 amide bonds. The summed E-state index contributed by atoms with van der Waals surface area (Å²) in [6.45, 7) is 4.71. The highest BCUT2D eigenvalue weighted by Crippen LogP contribution is 2.20. The standard InChI is InChI=1S/C12H17NO3/c1-8(2)7-16-9-4-5-11(13)10(6-9)12(14)15-3/h4-6,8H,7,13H2,1-3H3. The van der Waals surface area contributed by atoms with Crippen molar-refractivity contribution < 1.29 is 14.3 Å². The molecule has 1 rings (SSSR count). The van der Waals surface area contributed by atoms with Gasteiger partial charge in [0.2, 0.25) is 0 Å². The van der Waals surface area contributed by atoms with Crippen LogP contribution in [-0.4, -0.2) is 19.7 Å². The molecule has 2 N–H and O–H groups in total. The molecule has 0 spiro atoms. The van der Waals surface area contributed by atoms with Crippen LogP contribution in [0.15, 0.2) is 18.2 Å². The Balaban J connectivity index is 2.85. The lowest BCUT2D eigenvalue weighted by molar-refractivity contribution is 0.0601. The number of anilines is 1. The maximum atomic E-state index is 11.4. The number of rotatable bonds is 4. The summed E-state index contributed by atoms with van der Waals surface area (Å²) in [6.07, 6.45) is 0. The normalized spacial score (nSPS) is 10.2. The zero-order valence-electron chi connectivity index (χ0n) is 9.82. The molecule has 16 heavy (non-hydrogen) atoms. The van der Waals surface area contributed by atoms with Gasteiger partial charge in [-0.15, -0.1) is 0 Å². The molecule has 0 saturated carbocycles. The third-order valence-corrected chi connectivity index (χ3v) is 2.01. The highest BCUT2D eigenvalue weighted by Gasteiger charge is 2.11. The molecule has 0 bridgehead atoms. The first-order valence-corrected chi connectivity index (χ1v) is 5.15. The van der Waals surface area contributed by atoms with Crippen molar-refractivity contribution >= 4 is 11.7 Å². The van der Waals surface area contributed by atoms with Gasteiger partial charge in [0.1, 0.15) is 5.75 Å². The predicted octanol–water partition coefficient (Wildman–Crippen LogP) is 2.09. The van der Waals surface area contributed by atoms with Gasteiger partial charge in [-0.3, -0.25) is 0 Å². The fourth-order valence-corrected chi connectivity index (χ4v) is 1.17. The van der Waals surface area contributed by atoms with Crippen molar-refractivity contribution in [3.05, 3.63) is 23.8 Å². The fourth-order valence-electron chi connectivity index (χ4n) is 1.17. The second kappa shape index (κ2) is 5.39. The minimum Gasteiger partial charge on any atom is -0.493 e. The van der Waals surface area contributed by atoms with E-state index in [1.807, 2.05) is 0 Å². The first-order chi connectivity index (χ1) is 7.54. The molecule has 0 unspecified atom stereocenters. The van der Waals surface area contributed by atoms with Gasteiger partial charge in [0.15, 0.2) is 0 Å². The Bertz CT molecular complexity index is 375. The lowest BCUT2D eigenvalue weighted by Crippen LogP contribution is -2.08. The molecule has 88 valence electrons. The topological polar surface area (TPSA) is 61.5 Å². The van der Waals surface area contributed by atoms with Crippen LogP contribution in [0.5, 0.6) is 5.75 Å². The number of ether oxygens (including phenoxy) is 2. The minimum absolute atomic E-state index is 0.337. The van der Waals surface area contributed by atoms with Crippen molar-refractivity contribution in [1.82, 2.24) is 0 Å². The smallest absolute Gasteiger partial charge is 0.340 e. The predicted molar refractivity (Wildman–Crippen MR) is 62.5 cm³/mol. The summed E-state index contributed by atoms with van der Waals surface area (Å²) in [5.41, 5.74) is 6.39. The fraction of sp³-hybridized carbons (Fsp3) is 0.417. The lowest BCUT2D eigenvalue weighted by Gasteiger charge is -2.10. The number of nitrogens with two attached hydrogens (primary N) is 1. The Morgan fingerprint density at radius 2 is 2.12 bits per heavy atom. The second-order valence-electron chi connectivity index (χ2n) is 3.95. The molecule has 0 fully saturated rings. The van der Waals surface area contributed by atoms with Crippen LogP contribution in [0, 0.1) is 5.92 Å². The van der Waals surface area contributed by atoms with Crippen LogP contribution >= 0.6 is 0 Å². The van der Waals surface area contributed by atoms with Crippen molar-refractivity contribution in [2.45, 2.75) is 13.8 Å². The van der Waals surface area contributed by atoms with Gasteiger partial charge in [-0.2, -0.15) is 0 Å². The molecule has 4 nitrogen and oxygen atoms in total. The monoisotopic (exact) mass is 223 g/mol. The lowest BCUT2D eigenvalue weighted by atomic mass is 10.1. The molecule has 0 heterocycles. The molecule has 1 aromatic carbocycles. The number of hydrogen-bond donors (Lipinski definition) is 1. The van der Waals surface area contributed by atoms with Gasteiger partial charge < -0.3 is 15.2 Å². The zero-order valence-corrected chi connectivity index (χ0v) is 9.82. The van der Waals surface area contributed by atoms with Crippen LogP contribution in [0.1, 0.15) is 24.2 Å². The molecular formula is C12H17NO3. The van der Waals surface area contributed by atoms with E-state index < -0.39 is 5.97 Å². The van der Waals surface area contributed by atoms with E-state index in [1.54, 1.807) is 18.2 Å². The molecule has 0 aromatic heterocycles. The van der Waals surface area contributed by atoms with Crippen molar-refractivity contribution in [2.24, 2.45) is 5.92 Å². The van der Waals surface area contributed by atoms with E-state index in [-0.39, 0.29) is 0 Å². The molecule has 1 aromatic rings. The molecule has 0 radical (unpaired) electrons. The zero-order chi connectivity index (χ0) is 12.1. The summed E-state index contributed by atoms with van der Waals surface area (Å²) < 4.78 is 10.1. The summed E-state index contributed by atoms with van der Waals surface area (Å²) >= 11 is 0. The molecule has 0 aliphatic carbocycles. The number of benzene rings is 1. The minimum atomic E-state index is -0.451. The van der Waals surface area contributed by atoms with E-state index in [0.717, 1.165) is 0 Å². The number of hydrogen-bond acceptors (Lipinski definition) is 4. The van der Waals surface area contributed by atoms with E-state index >= 15 is 0 Å². The third-order valence-electron chi connectivity index (χ3n) is 2.01. The van der Waals surface area contributed by atoms with Crippen LogP contribution < -0.4 is 10.5 Å². The van der Waals surface area contributed by atoms with Crippen LogP contribution in [0.4, 0.5) is 5.69 Å². The molecule has 0 aliphatic heterocycles. The van der Waals surface area contributed by atoms with Crippen LogP contribution in [-0.2, 0) is 4.74 Å². The van der Waals surface area contributed by atoms with E-state index in [2.05, 4.69) is 18.6 Å².